The molecule has 1 aliphatic rings. The standard InChI is InChI=1S/C20H33N3O2/c1-5-25-19-8-6-7-17(13-19)16(4)21-20(24)22-18-9-11-23(12-10-18)14-15(2)3/h6-8,13,15-16,18H,5,9-12,14H2,1-4H3,(H2,21,22,24)/t16-/m0/s1. The highest BCUT2D eigenvalue weighted by molar-refractivity contribution is 5.74. The molecule has 140 valence electrons. The van der Waals surface area contributed by atoms with E-state index in [2.05, 4.69) is 29.4 Å². The van der Waals surface area contributed by atoms with Crippen LogP contribution in [0.1, 0.15) is 52.1 Å². The number of ether oxygens (including phenoxy) is 1. The minimum absolute atomic E-state index is 0.0542. The summed E-state index contributed by atoms with van der Waals surface area (Å²) in [4.78, 5) is 14.8. The number of hydrogen-bond acceptors (Lipinski definition) is 3. The molecule has 1 aliphatic heterocycles. The van der Waals surface area contributed by atoms with E-state index in [1.807, 2.05) is 38.1 Å². The van der Waals surface area contributed by atoms with Gasteiger partial charge in [0.25, 0.3) is 0 Å². The van der Waals surface area contributed by atoms with Crippen LogP contribution in [0.3, 0.4) is 0 Å². The minimum Gasteiger partial charge on any atom is -0.494 e. The van der Waals surface area contributed by atoms with Crippen LogP contribution in [0.2, 0.25) is 0 Å². The first-order chi connectivity index (χ1) is 12.0. The van der Waals surface area contributed by atoms with Crippen molar-refractivity contribution in [3.63, 3.8) is 0 Å². The van der Waals surface area contributed by atoms with E-state index in [1.165, 1.54) is 0 Å². The molecule has 0 radical (unpaired) electrons. The highest BCUT2D eigenvalue weighted by Gasteiger charge is 2.21. The molecule has 0 aromatic heterocycles. The smallest absolute Gasteiger partial charge is 0.315 e. The van der Waals surface area contributed by atoms with Crippen LogP contribution in [0.4, 0.5) is 4.79 Å². The van der Waals surface area contributed by atoms with Gasteiger partial charge in [-0.25, -0.2) is 4.79 Å². The lowest BCUT2D eigenvalue weighted by molar-refractivity contribution is 0.177. The fraction of sp³-hybridized carbons (Fsp3) is 0.650. The second-order valence-corrected chi connectivity index (χ2v) is 7.31. The van der Waals surface area contributed by atoms with Gasteiger partial charge in [0.05, 0.1) is 12.6 Å². The predicted octanol–water partition coefficient (Wildman–Crippen LogP) is 3.57. The fourth-order valence-corrected chi connectivity index (χ4v) is 3.32. The van der Waals surface area contributed by atoms with Crippen molar-refractivity contribution in [3.8, 4) is 5.75 Å². The highest BCUT2D eigenvalue weighted by atomic mass is 16.5. The number of nitrogens with zero attached hydrogens (tertiary/aromatic N) is 1. The third-order valence-corrected chi connectivity index (χ3v) is 4.56. The maximum Gasteiger partial charge on any atom is 0.315 e. The van der Waals surface area contributed by atoms with Crippen molar-refractivity contribution < 1.29 is 9.53 Å². The molecule has 0 bridgehead atoms. The second kappa shape index (κ2) is 9.66. The van der Waals surface area contributed by atoms with E-state index in [4.69, 9.17) is 4.74 Å². The molecule has 5 heteroatoms. The Morgan fingerprint density at radius 3 is 2.64 bits per heavy atom. The summed E-state index contributed by atoms with van der Waals surface area (Å²) >= 11 is 0. The summed E-state index contributed by atoms with van der Waals surface area (Å²) in [6.07, 6.45) is 2.04. The van der Waals surface area contributed by atoms with Crippen molar-refractivity contribution in [3.05, 3.63) is 29.8 Å². The van der Waals surface area contributed by atoms with Gasteiger partial charge in [0.1, 0.15) is 5.75 Å². The zero-order valence-corrected chi connectivity index (χ0v) is 16.0. The number of amides is 2. The molecule has 1 atom stereocenters. The van der Waals surface area contributed by atoms with Gasteiger partial charge in [-0.3, -0.25) is 0 Å². The van der Waals surface area contributed by atoms with Crippen molar-refractivity contribution in [2.45, 2.75) is 52.6 Å². The Kier molecular flexibility index (Phi) is 7.56. The van der Waals surface area contributed by atoms with Crippen LogP contribution in [0, 0.1) is 5.92 Å². The summed E-state index contributed by atoms with van der Waals surface area (Å²) in [5.74, 6) is 1.53. The Labute approximate surface area is 152 Å². The molecule has 1 fully saturated rings. The van der Waals surface area contributed by atoms with E-state index in [1.54, 1.807) is 0 Å². The SMILES string of the molecule is CCOc1cccc([C@H](C)NC(=O)NC2CCN(CC(C)C)CC2)c1. The molecule has 5 nitrogen and oxygen atoms in total. The molecule has 2 N–H and O–H groups in total. The number of carbonyl (C=O) groups excluding carboxylic acids is 1. The van der Waals surface area contributed by atoms with Gasteiger partial charge in [-0.05, 0) is 50.3 Å². The number of nitrogens with one attached hydrogen (secondary N) is 2. The van der Waals surface area contributed by atoms with Gasteiger partial charge in [0.2, 0.25) is 0 Å². The van der Waals surface area contributed by atoms with Crippen molar-refractivity contribution >= 4 is 6.03 Å². The molecule has 1 heterocycles. The van der Waals surface area contributed by atoms with Gasteiger partial charge < -0.3 is 20.3 Å². The normalized spacial score (nSPS) is 17.3. The van der Waals surface area contributed by atoms with Crippen LogP contribution in [-0.2, 0) is 0 Å². The molecule has 0 unspecified atom stereocenters. The number of hydrogen-bond donors (Lipinski definition) is 2. The summed E-state index contributed by atoms with van der Waals surface area (Å²) in [6.45, 7) is 12.4. The molecule has 1 aromatic carbocycles. The predicted molar refractivity (Wildman–Crippen MR) is 102 cm³/mol. The zero-order valence-electron chi connectivity index (χ0n) is 16.0. The van der Waals surface area contributed by atoms with Gasteiger partial charge >= 0.3 is 6.03 Å². The van der Waals surface area contributed by atoms with Crippen LogP contribution in [0.25, 0.3) is 0 Å². The number of urea groups is 1. The second-order valence-electron chi connectivity index (χ2n) is 7.31. The van der Waals surface area contributed by atoms with Crippen LogP contribution in [0.5, 0.6) is 5.75 Å². The van der Waals surface area contributed by atoms with Crippen LogP contribution in [-0.4, -0.2) is 43.2 Å². The Bertz CT molecular complexity index is 539. The minimum atomic E-state index is -0.0865. The first-order valence-electron chi connectivity index (χ1n) is 9.50. The summed E-state index contributed by atoms with van der Waals surface area (Å²) in [7, 11) is 0. The molecule has 0 spiro atoms. The average molecular weight is 348 g/mol. The molecule has 0 saturated carbocycles. The summed E-state index contributed by atoms with van der Waals surface area (Å²) < 4.78 is 5.53. The Morgan fingerprint density at radius 1 is 1.28 bits per heavy atom. The number of piperidine rings is 1. The summed E-state index contributed by atoms with van der Waals surface area (Å²) in [5.41, 5.74) is 1.05. The van der Waals surface area contributed by atoms with E-state index in [-0.39, 0.29) is 18.1 Å². The lowest BCUT2D eigenvalue weighted by Gasteiger charge is -2.33. The number of benzene rings is 1. The average Bonchev–Trinajstić information content (AvgIpc) is 2.56. The van der Waals surface area contributed by atoms with Gasteiger partial charge in [-0.1, -0.05) is 26.0 Å². The Hall–Kier alpha value is -1.75. The fourth-order valence-electron chi connectivity index (χ4n) is 3.32. The molecular formula is C20H33N3O2. The molecule has 0 aliphatic carbocycles. The van der Waals surface area contributed by atoms with Crippen LogP contribution in [0.15, 0.2) is 24.3 Å². The lowest BCUT2D eigenvalue weighted by atomic mass is 10.0. The van der Waals surface area contributed by atoms with Crippen molar-refractivity contribution in [1.82, 2.24) is 15.5 Å². The Balaban J connectivity index is 1.77. The van der Waals surface area contributed by atoms with Gasteiger partial charge in [0, 0.05) is 25.7 Å². The molecule has 25 heavy (non-hydrogen) atoms. The topological polar surface area (TPSA) is 53.6 Å². The highest BCUT2D eigenvalue weighted by Crippen LogP contribution is 2.19. The largest absolute Gasteiger partial charge is 0.494 e. The maximum atomic E-state index is 12.3. The first kappa shape index (κ1) is 19.6. The molecule has 1 saturated heterocycles. The third kappa shape index (κ3) is 6.58. The quantitative estimate of drug-likeness (QED) is 0.793. The number of carbonyl (C=O) groups is 1. The van der Waals surface area contributed by atoms with E-state index < -0.39 is 0 Å². The maximum absolute atomic E-state index is 12.3. The lowest BCUT2D eigenvalue weighted by Crippen LogP contribution is -2.48. The molecule has 2 amide bonds. The number of rotatable bonds is 7. The van der Waals surface area contributed by atoms with Gasteiger partial charge in [-0.2, -0.15) is 0 Å². The van der Waals surface area contributed by atoms with E-state index >= 15 is 0 Å². The van der Waals surface area contributed by atoms with Gasteiger partial charge in [-0.15, -0.1) is 0 Å². The molecule has 2 rings (SSSR count). The first-order valence-corrected chi connectivity index (χ1v) is 9.50. The monoisotopic (exact) mass is 347 g/mol. The van der Waals surface area contributed by atoms with Crippen molar-refractivity contribution in [2.24, 2.45) is 5.92 Å². The summed E-state index contributed by atoms with van der Waals surface area (Å²) in [5, 5.41) is 6.16. The molecule has 1 aromatic rings. The zero-order chi connectivity index (χ0) is 18.2. The Morgan fingerprint density at radius 2 is 2.00 bits per heavy atom. The van der Waals surface area contributed by atoms with Crippen LogP contribution >= 0.6 is 0 Å². The van der Waals surface area contributed by atoms with E-state index in [9.17, 15) is 4.79 Å². The van der Waals surface area contributed by atoms with E-state index in [0.717, 1.165) is 43.8 Å². The van der Waals surface area contributed by atoms with Crippen molar-refractivity contribution in [2.75, 3.05) is 26.2 Å². The van der Waals surface area contributed by atoms with Crippen molar-refractivity contribution in [1.29, 1.82) is 0 Å². The molecular weight excluding hydrogens is 314 g/mol. The third-order valence-electron chi connectivity index (χ3n) is 4.56. The van der Waals surface area contributed by atoms with E-state index in [0.29, 0.717) is 12.5 Å². The number of likely N-dealkylation sites (tertiary alicyclic amines) is 1. The summed E-state index contributed by atoms with van der Waals surface area (Å²) in [6, 6.07) is 8.02. The van der Waals surface area contributed by atoms with Gasteiger partial charge in [0.15, 0.2) is 0 Å². The van der Waals surface area contributed by atoms with Crippen LogP contribution < -0.4 is 15.4 Å².